The van der Waals surface area contributed by atoms with E-state index in [9.17, 15) is 4.79 Å². The molecule has 0 bridgehead atoms. The van der Waals surface area contributed by atoms with Gasteiger partial charge in [-0.2, -0.15) is 0 Å². The second kappa shape index (κ2) is 5.32. The van der Waals surface area contributed by atoms with Gasteiger partial charge >= 0.3 is 0 Å². The molecular weight excluding hydrogens is 180 g/mol. The highest BCUT2D eigenvalue weighted by Crippen LogP contribution is 2.07. The average Bonchev–Trinajstić information content (AvgIpc) is 2.40. The van der Waals surface area contributed by atoms with E-state index in [0.29, 0.717) is 13.0 Å². The number of nitrogens with two attached hydrogens (primary N) is 1. The van der Waals surface area contributed by atoms with Crippen molar-refractivity contribution in [2.24, 2.45) is 5.73 Å². The van der Waals surface area contributed by atoms with Gasteiger partial charge in [-0.05, 0) is 19.8 Å². The number of carbonyl (C=O) groups is 1. The molecule has 82 valence electrons. The molecule has 1 saturated heterocycles. The molecule has 0 aromatic carbocycles. The fourth-order valence-corrected chi connectivity index (χ4v) is 1.60. The monoisotopic (exact) mass is 200 g/mol. The predicted molar refractivity (Wildman–Crippen MR) is 54.9 cm³/mol. The van der Waals surface area contributed by atoms with Crippen LogP contribution in [0.25, 0.3) is 0 Å². The molecule has 0 aromatic heterocycles. The Morgan fingerprint density at radius 2 is 2.43 bits per heavy atom. The van der Waals surface area contributed by atoms with Gasteiger partial charge < -0.3 is 15.4 Å². The topological polar surface area (TPSA) is 55.6 Å². The Labute approximate surface area is 85.4 Å². The van der Waals surface area contributed by atoms with Crippen LogP contribution in [0.15, 0.2) is 0 Å². The van der Waals surface area contributed by atoms with E-state index in [0.717, 1.165) is 19.6 Å². The largest absolute Gasteiger partial charge is 0.377 e. The van der Waals surface area contributed by atoms with Gasteiger partial charge in [0.2, 0.25) is 5.91 Å². The Morgan fingerprint density at radius 3 is 3.07 bits per heavy atom. The zero-order valence-corrected chi connectivity index (χ0v) is 9.03. The molecule has 4 heteroatoms. The lowest BCUT2D eigenvalue weighted by molar-refractivity contribution is -0.133. The highest BCUT2D eigenvalue weighted by atomic mass is 16.5. The van der Waals surface area contributed by atoms with Crippen LogP contribution in [0.2, 0.25) is 0 Å². The third-order valence-electron chi connectivity index (χ3n) is 2.52. The van der Waals surface area contributed by atoms with Crippen molar-refractivity contribution in [3.8, 4) is 0 Å². The first-order valence-electron chi connectivity index (χ1n) is 5.31. The standard InChI is InChI=1S/C10H20N2O2/c1-3-9(11)10(13)12-5-4-6-14-8(2)7-12/h8-9H,3-7,11H2,1-2H3/t8?,9-/m0/s1. The van der Waals surface area contributed by atoms with Crippen LogP contribution in [0.1, 0.15) is 26.7 Å². The van der Waals surface area contributed by atoms with Crippen LogP contribution in [0.4, 0.5) is 0 Å². The molecule has 1 heterocycles. The smallest absolute Gasteiger partial charge is 0.239 e. The Kier molecular flexibility index (Phi) is 4.35. The summed E-state index contributed by atoms with van der Waals surface area (Å²) >= 11 is 0. The van der Waals surface area contributed by atoms with E-state index in [4.69, 9.17) is 10.5 Å². The van der Waals surface area contributed by atoms with E-state index in [-0.39, 0.29) is 18.1 Å². The van der Waals surface area contributed by atoms with Crippen LogP contribution in [-0.2, 0) is 9.53 Å². The minimum atomic E-state index is -0.347. The number of amides is 1. The first-order chi connectivity index (χ1) is 6.65. The third-order valence-corrected chi connectivity index (χ3v) is 2.52. The van der Waals surface area contributed by atoms with Crippen LogP contribution < -0.4 is 5.73 Å². The number of hydrogen-bond donors (Lipinski definition) is 1. The molecule has 0 spiro atoms. The molecule has 0 saturated carbocycles. The molecule has 1 amide bonds. The van der Waals surface area contributed by atoms with Gasteiger partial charge in [0.25, 0.3) is 0 Å². The van der Waals surface area contributed by atoms with Gasteiger partial charge in [-0.1, -0.05) is 6.92 Å². The maximum atomic E-state index is 11.8. The summed E-state index contributed by atoms with van der Waals surface area (Å²) < 4.78 is 5.46. The lowest BCUT2D eigenvalue weighted by Crippen LogP contribution is -2.45. The highest BCUT2D eigenvalue weighted by molar-refractivity contribution is 5.81. The van der Waals surface area contributed by atoms with Crippen molar-refractivity contribution in [3.63, 3.8) is 0 Å². The van der Waals surface area contributed by atoms with Gasteiger partial charge in [0.05, 0.1) is 12.1 Å². The van der Waals surface area contributed by atoms with Crippen LogP contribution in [0.5, 0.6) is 0 Å². The Bertz CT molecular complexity index is 197. The van der Waals surface area contributed by atoms with Gasteiger partial charge in [0, 0.05) is 19.7 Å². The second-order valence-corrected chi connectivity index (χ2v) is 3.83. The van der Waals surface area contributed by atoms with E-state index in [2.05, 4.69) is 0 Å². The average molecular weight is 200 g/mol. The van der Waals surface area contributed by atoms with Crippen LogP contribution in [-0.4, -0.2) is 42.6 Å². The van der Waals surface area contributed by atoms with Crippen molar-refractivity contribution in [2.45, 2.75) is 38.8 Å². The number of rotatable bonds is 2. The zero-order chi connectivity index (χ0) is 10.6. The molecule has 0 radical (unpaired) electrons. The molecule has 14 heavy (non-hydrogen) atoms. The summed E-state index contributed by atoms with van der Waals surface area (Å²) in [5, 5.41) is 0. The van der Waals surface area contributed by atoms with Gasteiger partial charge in [-0.3, -0.25) is 4.79 Å². The van der Waals surface area contributed by atoms with Crippen molar-refractivity contribution in [1.82, 2.24) is 4.90 Å². The van der Waals surface area contributed by atoms with Crippen molar-refractivity contribution < 1.29 is 9.53 Å². The van der Waals surface area contributed by atoms with E-state index in [1.54, 1.807) is 0 Å². The summed E-state index contributed by atoms with van der Waals surface area (Å²) in [4.78, 5) is 13.6. The van der Waals surface area contributed by atoms with Gasteiger partial charge in [0.15, 0.2) is 0 Å². The Hall–Kier alpha value is -0.610. The van der Waals surface area contributed by atoms with Crippen molar-refractivity contribution in [3.05, 3.63) is 0 Å². The maximum absolute atomic E-state index is 11.8. The summed E-state index contributed by atoms with van der Waals surface area (Å²) in [6, 6.07) is -0.347. The molecular formula is C10H20N2O2. The number of nitrogens with zero attached hydrogens (tertiary/aromatic N) is 1. The molecule has 1 aliphatic rings. The Balaban J connectivity index is 2.52. The van der Waals surface area contributed by atoms with Crippen LogP contribution >= 0.6 is 0 Å². The fourth-order valence-electron chi connectivity index (χ4n) is 1.60. The van der Waals surface area contributed by atoms with Crippen molar-refractivity contribution in [1.29, 1.82) is 0 Å². The van der Waals surface area contributed by atoms with Crippen molar-refractivity contribution >= 4 is 5.91 Å². The number of carbonyl (C=O) groups excluding carboxylic acids is 1. The number of hydrogen-bond acceptors (Lipinski definition) is 3. The molecule has 1 unspecified atom stereocenters. The molecule has 0 aromatic rings. The van der Waals surface area contributed by atoms with E-state index < -0.39 is 0 Å². The summed E-state index contributed by atoms with van der Waals surface area (Å²) in [5.74, 6) is 0.0600. The minimum absolute atomic E-state index is 0.0600. The summed E-state index contributed by atoms with van der Waals surface area (Å²) in [5.41, 5.74) is 5.71. The Morgan fingerprint density at radius 1 is 1.71 bits per heavy atom. The molecule has 0 aliphatic carbocycles. The zero-order valence-electron chi connectivity index (χ0n) is 9.03. The fraction of sp³-hybridized carbons (Fsp3) is 0.900. The minimum Gasteiger partial charge on any atom is -0.377 e. The number of ether oxygens (including phenoxy) is 1. The molecule has 1 rings (SSSR count). The first-order valence-corrected chi connectivity index (χ1v) is 5.31. The predicted octanol–water partition coefficient (Wildman–Crippen LogP) is 0.361. The maximum Gasteiger partial charge on any atom is 0.239 e. The molecule has 2 N–H and O–H groups in total. The molecule has 1 fully saturated rings. The highest BCUT2D eigenvalue weighted by Gasteiger charge is 2.23. The van der Waals surface area contributed by atoms with E-state index in [1.165, 1.54) is 0 Å². The summed E-state index contributed by atoms with van der Waals surface area (Å²) in [6.45, 7) is 6.11. The van der Waals surface area contributed by atoms with Gasteiger partial charge in [-0.25, -0.2) is 0 Å². The summed E-state index contributed by atoms with van der Waals surface area (Å²) in [6.07, 6.45) is 1.74. The SMILES string of the molecule is CC[C@H](N)C(=O)N1CCCOC(C)C1. The normalized spacial score (nSPS) is 25.6. The summed E-state index contributed by atoms with van der Waals surface area (Å²) in [7, 11) is 0. The molecule has 4 nitrogen and oxygen atoms in total. The quantitative estimate of drug-likeness (QED) is 0.700. The van der Waals surface area contributed by atoms with Crippen molar-refractivity contribution in [2.75, 3.05) is 19.7 Å². The second-order valence-electron chi connectivity index (χ2n) is 3.83. The lowest BCUT2D eigenvalue weighted by atomic mass is 10.2. The van der Waals surface area contributed by atoms with Crippen LogP contribution in [0.3, 0.4) is 0 Å². The molecule has 2 atom stereocenters. The molecule has 1 aliphatic heterocycles. The van der Waals surface area contributed by atoms with Crippen LogP contribution in [0, 0.1) is 0 Å². The van der Waals surface area contributed by atoms with Gasteiger partial charge in [-0.15, -0.1) is 0 Å². The first kappa shape index (κ1) is 11.5. The van der Waals surface area contributed by atoms with E-state index >= 15 is 0 Å². The van der Waals surface area contributed by atoms with Gasteiger partial charge in [0.1, 0.15) is 0 Å². The third kappa shape index (κ3) is 2.96. The lowest BCUT2D eigenvalue weighted by Gasteiger charge is -2.24. The van der Waals surface area contributed by atoms with E-state index in [1.807, 2.05) is 18.7 Å².